The van der Waals surface area contributed by atoms with E-state index in [4.69, 9.17) is 8.83 Å². The van der Waals surface area contributed by atoms with E-state index in [9.17, 15) is 0 Å². The van der Waals surface area contributed by atoms with Crippen LogP contribution in [0, 0.1) is 0 Å². The Bertz CT molecular complexity index is 1720. The van der Waals surface area contributed by atoms with Crippen molar-refractivity contribution in [1.82, 2.24) is 0 Å². The first-order chi connectivity index (χ1) is 17.3. The van der Waals surface area contributed by atoms with Crippen molar-refractivity contribution in [2.24, 2.45) is 0 Å². The minimum atomic E-state index is 0.787. The van der Waals surface area contributed by atoms with E-state index >= 15 is 0 Å². The zero-order chi connectivity index (χ0) is 23.2. The number of hydrogen-bond donors (Lipinski definition) is 0. The molecule has 0 fully saturated rings. The third-order valence-electron chi connectivity index (χ3n) is 6.59. The second-order valence-corrected chi connectivity index (χ2v) is 8.75. The first kappa shape index (κ1) is 19.7. The summed E-state index contributed by atoms with van der Waals surface area (Å²) in [6.07, 6.45) is 0. The van der Waals surface area contributed by atoms with Crippen molar-refractivity contribution in [2.45, 2.75) is 0 Å². The van der Waals surface area contributed by atoms with E-state index in [-0.39, 0.29) is 0 Å². The summed E-state index contributed by atoms with van der Waals surface area (Å²) in [6, 6.07) is 43.8. The SMILES string of the molecule is c1ccc(-c2cc(-c3ccccc3)[o+]c(-c3c4oc5ccccc5cc-4c4ccccc34)c2)cc1. The van der Waals surface area contributed by atoms with Crippen molar-refractivity contribution >= 4 is 21.7 Å². The van der Waals surface area contributed by atoms with Gasteiger partial charge in [-0.2, -0.15) is 0 Å². The van der Waals surface area contributed by atoms with Gasteiger partial charge in [-0.25, -0.2) is 4.42 Å². The molecule has 5 aromatic rings. The normalized spacial score (nSPS) is 11.4. The average Bonchev–Trinajstić information content (AvgIpc) is 3.26. The molecule has 2 heteroatoms. The molecule has 164 valence electrons. The zero-order valence-corrected chi connectivity index (χ0v) is 18.9. The van der Waals surface area contributed by atoms with E-state index in [1.807, 2.05) is 42.5 Å². The monoisotopic (exact) mass is 449 g/mol. The molecule has 1 aliphatic heterocycles. The highest BCUT2D eigenvalue weighted by Crippen LogP contribution is 2.47. The smallest absolute Gasteiger partial charge is 0.365 e. The zero-order valence-electron chi connectivity index (χ0n) is 18.9. The maximum Gasteiger partial charge on any atom is 0.365 e. The number of fused-ring (bicyclic) bond motifs is 4. The fourth-order valence-corrected chi connectivity index (χ4v) is 4.93. The molecule has 0 bridgehead atoms. The van der Waals surface area contributed by atoms with E-state index in [0.29, 0.717) is 0 Å². The fourth-order valence-electron chi connectivity index (χ4n) is 4.93. The molecule has 0 saturated heterocycles. The van der Waals surface area contributed by atoms with Crippen molar-refractivity contribution < 1.29 is 8.83 Å². The molecule has 2 heterocycles. The van der Waals surface area contributed by atoms with Crippen LogP contribution in [0.1, 0.15) is 0 Å². The van der Waals surface area contributed by atoms with Crippen LogP contribution in [-0.2, 0) is 0 Å². The van der Waals surface area contributed by atoms with E-state index < -0.39 is 0 Å². The van der Waals surface area contributed by atoms with Crippen molar-refractivity contribution in [3.63, 3.8) is 0 Å². The molecule has 2 nitrogen and oxygen atoms in total. The van der Waals surface area contributed by atoms with Gasteiger partial charge in [0.05, 0.1) is 17.7 Å². The molecule has 0 atom stereocenters. The van der Waals surface area contributed by atoms with E-state index in [2.05, 4.69) is 84.9 Å². The Labute approximate surface area is 203 Å². The van der Waals surface area contributed by atoms with Crippen LogP contribution in [-0.4, -0.2) is 0 Å². The van der Waals surface area contributed by atoms with E-state index in [1.165, 1.54) is 0 Å². The van der Waals surface area contributed by atoms with Gasteiger partial charge in [0.1, 0.15) is 11.1 Å². The summed E-state index contributed by atoms with van der Waals surface area (Å²) in [5.41, 5.74) is 6.22. The molecule has 0 spiro atoms. The molecule has 4 aromatic carbocycles. The number of hydrogen-bond acceptors (Lipinski definition) is 1. The van der Waals surface area contributed by atoms with Crippen LogP contribution < -0.4 is 0 Å². The van der Waals surface area contributed by atoms with Gasteiger partial charge in [-0.15, -0.1) is 0 Å². The molecular formula is C33H21O2+. The molecule has 1 aliphatic carbocycles. The van der Waals surface area contributed by atoms with E-state index in [1.54, 1.807) is 0 Å². The highest BCUT2D eigenvalue weighted by Gasteiger charge is 2.30. The lowest BCUT2D eigenvalue weighted by atomic mass is 10.0. The second kappa shape index (κ2) is 7.96. The minimum Gasteiger partial charge on any atom is -0.455 e. The van der Waals surface area contributed by atoms with Gasteiger partial charge in [0.25, 0.3) is 0 Å². The van der Waals surface area contributed by atoms with Gasteiger partial charge in [-0.1, -0.05) is 91.0 Å². The third-order valence-corrected chi connectivity index (χ3v) is 6.59. The lowest BCUT2D eigenvalue weighted by molar-refractivity contribution is 0.576. The maximum absolute atomic E-state index is 6.64. The van der Waals surface area contributed by atoms with E-state index in [0.717, 1.165) is 66.8 Å². The van der Waals surface area contributed by atoms with Crippen molar-refractivity contribution in [3.8, 4) is 45.1 Å². The summed E-state index contributed by atoms with van der Waals surface area (Å²) < 4.78 is 13.2. The number of para-hydroxylation sites is 1. The number of rotatable bonds is 3. The van der Waals surface area contributed by atoms with Crippen LogP contribution in [0.5, 0.6) is 0 Å². The van der Waals surface area contributed by atoms with Crippen LogP contribution in [0.25, 0.3) is 66.8 Å². The van der Waals surface area contributed by atoms with Crippen molar-refractivity contribution in [3.05, 3.63) is 127 Å². The maximum atomic E-state index is 6.64. The largest absolute Gasteiger partial charge is 0.455 e. The Hall–Kier alpha value is -4.69. The predicted octanol–water partition coefficient (Wildman–Crippen LogP) is 9.57. The van der Waals surface area contributed by atoms with Gasteiger partial charge in [0.15, 0.2) is 5.76 Å². The molecular weight excluding hydrogens is 428 g/mol. The quantitative estimate of drug-likeness (QED) is 0.251. The van der Waals surface area contributed by atoms with Crippen molar-refractivity contribution in [2.75, 3.05) is 0 Å². The van der Waals surface area contributed by atoms with Gasteiger partial charge in [0.2, 0.25) is 0 Å². The van der Waals surface area contributed by atoms with Gasteiger partial charge < -0.3 is 4.42 Å². The summed E-state index contributed by atoms with van der Waals surface area (Å²) >= 11 is 0. The molecule has 0 amide bonds. The lowest BCUT2D eigenvalue weighted by Gasteiger charge is -2.05. The van der Waals surface area contributed by atoms with Crippen LogP contribution in [0.15, 0.2) is 136 Å². The molecule has 2 aliphatic rings. The van der Waals surface area contributed by atoms with Gasteiger partial charge in [0, 0.05) is 21.9 Å². The summed E-state index contributed by atoms with van der Waals surface area (Å²) in [6.45, 7) is 0. The Balaban J connectivity index is 1.57. The van der Waals surface area contributed by atoms with Crippen LogP contribution in [0.2, 0.25) is 0 Å². The van der Waals surface area contributed by atoms with Crippen LogP contribution >= 0.6 is 0 Å². The molecule has 0 radical (unpaired) electrons. The first-order valence-electron chi connectivity index (χ1n) is 11.8. The van der Waals surface area contributed by atoms with Crippen LogP contribution in [0.3, 0.4) is 0 Å². The topological polar surface area (TPSA) is 24.4 Å². The molecule has 1 aromatic heterocycles. The van der Waals surface area contributed by atoms with Gasteiger partial charge in [-0.3, -0.25) is 0 Å². The summed E-state index contributed by atoms with van der Waals surface area (Å²) in [5.74, 6) is 2.45. The fraction of sp³-hybridized carbons (Fsp3) is 0. The molecule has 0 N–H and O–H groups in total. The summed E-state index contributed by atoms with van der Waals surface area (Å²) in [5, 5.41) is 3.37. The Kier molecular flexibility index (Phi) is 4.49. The van der Waals surface area contributed by atoms with Crippen LogP contribution in [0.4, 0.5) is 0 Å². The molecule has 35 heavy (non-hydrogen) atoms. The second-order valence-electron chi connectivity index (χ2n) is 8.75. The summed E-state index contributed by atoms with van der Waals surface area (Å²) in [4.78, 5) is 0. The molecule has 0 saturated carbocycles. The lowest BCUT2D eigenvalue weighted by Crippen LogP contribution is -1.87. The molecule has 0 unspecified atom stereocenters. The van der Waals surface area contributed by atoms with Gasteiger partial charge in [-0.05, 0) is 35.2 Å². The number of benzene rings is 4. The predicted molar refractivity (Wildman–Crippen MR) is 143 cm³/mol. The van der Waals surface area contributed by atoms with Crippen molar-refractivity contribution in [1.29, 1.82) is 0 Å². The third kappa shape index (κ3) is 3.31. The first-order valence-corrected chi connectivity index (χ1v) is 11.8. The van der Waals surface area contributed by atoms with Gasteiger partial charge >= 0.3 is 11.5 Å². The highest BCUT2D eigenvalue weighted by atomic mass is 16.3. The summed E-state index contributed by atoms with van der Waals surface area (Å²) in [7, 11) is 0. The standard InChI is InChI=1S/C33H21O2/c1-3-11-22(12-4-1)25-20-30(23-13-5-2-6-14-23)34-31(21-25)32-27-17-9-8-16-26(27)28-19-24-15-7-10-18-29(24)35-33(28)32/h1-21H/q+1. The molecule has 7 rings (SSSR count). The highest BCUT2D eigenvalue weighted by molar-refractivity contribution is 6.14. The Morgan fingerprint density at radius 3 is 1.91 bits per heavy atom. The minimum absolute atomic E-state index is 0.787. The Morgan fingerprint density at radius 1 is 0.486 bits per heavy atom. The Morgan fingerprint density at radius 2 is 1.11 bits per heavy atom. The average molecular weight is 450 g/mol.